The van der Waals surface area contributed by atoms with Crippen LogP contribution in [0.3, 0.4) is 0 Å². The summed E-state index contributed by atoms with van der Waals surface area (Å²) in [5, 5.41) is 27.2. The second-order valence-corrected chi connectivity index (χ2v) is 14.5. The SMILES string of the molecule is CC1(C)SSC2CCN(C(=O)[C@H](Cc3ccccc3)NC(=O)CNC(=O)[C@H]1NC(=O)[C@@H](N)Cc1ccc(O)cc1)[C@H]2C(=O)O. The maximum Gasteiger partial charge on any atom is 0.327 e. The van der Waals surface area contributed by atoms with Gasteiger partial charge in [-0.15, -0.1) is 0 Å². The standard InChI is InChI=1S/C30H37N5O7S2/c1-30(2)25(34-26(38)20(31)14-18-8-10-19(36)11-9-18)27(39)32-16-23(37)33-21(15-17-6-4-3-5-7-17)28(40)35-13-12-22(43-44-30)24(35)29(41)42/h3-11,20-22,24-25,36H,12-16,31H2,1-2H3,(H,32,39)(H,33,37)(H,34,38)(H,41,42)/t20-,21-,22?,24+,25+/m0/s1. The maximum atomic E-state index is 13.7. The summed E-state index contributed by atoms with van der Waals surface area (Å²) >= 11 is 0. The van der Waals surface area contributed by atoms with E-state index in [0.29, 0.717) is 12.0 Å². The Morgan fingerprint density at radius 2 is 1.77 bits per heavy atom. The van der Waals surface area contributed by atoms with Crippen molar-refractivity contribution in [2.24, 2.45) is 5.73 Å². The Hall–Kier alpha value is -3.75. The van der Waals surface area contributed by atoms with Crippen LogP contribution < -0.4 is 21.7 Å². The van der Waals surface area contributed by atoms with Crippen LogP contribution in [0.2, 0.25) is 0 Å². The van der Waals surface area contributed by atoms with E-state index in [2.05, 4.69) is 16.0 Å². The molecule has 2 saturated heterocycles. The molecule has 0 aliphatic carbocycles. The second-order valence-electron chi connectivity index (χ2n) is 11.4. The third kappa shape index (κ3) is 8.24. The van der Waals surface area contributed by atoms with Crippen LogP contribution in [0.15, 0.2) is 54.6 Å². The fourth-order valence-electron chi connectivity index (χ4n) is 5.19. The van der Waals surface area contributed by atoms with Gasteiger partial charge in [-0.3, -0.25) is 19.2 Å². The van der Waals surface area contributed by atoms with Gasteiger partial charge in [-0.2, -0.15) is 0 Å². The number of aromatic hydroxyl groups is 1. The van der Waals surface area contributed by atoms with Crippen LogP contribution >= 0.6 is 21.6 Å². The number of carbonyl (C=O) groups is 5. The fourth-order valence-corrected chi connectivity index (χ4v) is 8.40. The number of phenolic OH excluding ortho intramolecular Hbond substituents is 1. The van der Waals surface area contributed by atoms with Crippen LogP contribution in [0.1, 0.15) is 31.4 Å². The number of amides is 4. The number of rotatable bonds is 7. The summed E-state index contributed by atoms with van der Waals surface area (Å²) in [6, 6.07) is 11.0. The Morgan fingerprint density at radius 3 is 2.43 bits per heavy atom. The average molecular weight is 644 g/mol. The van der Waals surface area contributed by atoms with Crippen molar-refractivity contribution >= 4 is 51.2 Å². The number of carbonyl (C=O) groups excluding carboxylic acids is 4. The van der Waals surface area contributed by atoms with Crippen molar-refractivity contribution in [1.82, 2.24) is 20.9 Å². The van der Waals surface area contributed by atoms with Crippen LogP contribution in [-0.4, -0.2) is 92.0 Å². The summed E-state index contributed by atoms with van der Waals surface area (Å²) in [7, 11) is 2.49. The molecule has 0 spiro atoms. The molecular weight excluding hydrogens is 606 g/mol. The van der Waals surface area contributed by atoms with Crippen LogP contribution in [0.5, 0.6) is 5.75 Å². The Morgan fingerprint density at radius 1 is 1.09 bits per heavy atom. The molecule has 2 aliphatic heterocycles. The van der Waals surface area contributed by atoms with E-state index in [0.717, 1.165) is 5.56 Å². The molecule has 2 bridgehead atoms. The summed E-state index contributed by atoms with van der Waals surface area (Å²) in [6.07, 6.45) is 0.683. The van der Waals surface area contributed by atoms with Gasteiger partial charge in [0.15, 0.2) is 0 Å². The zero-order chi connectivity index (χ0) is 32.0. The number of nitrogens with two attached hydrogens (primary N) is 1. The normalized spacial score (nSPS) is 24.9. The van der Waals surface area contributed by atoms with Crippen molar-refractivity contribution in [3.8, 4) is 5.75 Å². The topological polar surface area (TPSA) is 191 Å². The van der Waals surface area contributed by atoms with E-state index in [1.165, 1.54) is 38.6 Å². The average Bonchev–Trinajstić information content (AvgIpc) is 3.42. The van der Waals surface area contributed by atoms with Gasteiger partial charge in [0.05, 0.1) is 12.6 Å². The van der Waals surface area contributed by atoms with Gasteiger partial charge < -0.3 is 36.8 Å². The number of hydrogen-bond donors (Lipinski definition) is 6. The highest BCUT2D eigenvalue weighted by molar-refractivity contribution is 8.77. The van der Waals surface area contributed by atoms with E-state index in [1.54, 1.807) is 38.1 Å². The van der Waals surface area contributed by atoms with Gasteiger partial charge in [-0.05, 0) is 49.9 Å². The fraction of sp³-hybridized carbons (Fsp3) is 0.433. The highest BCUT2D eigenvalue weighted by atomic mass is 33.1. The third-order valence-electron chi connectivity index (χ3n) is 7.58. The van der Waals surface area contributed by atoms with Crippen molar-refractivity contribution < 1.29 is 34.2 Å². The molecule has 2 heterocycles. The van der Waals surface area contributed by atoms with E-state index in [4.69, 9.17) is 5.73 Å². The molecule has 2 aromatic carbocycles. The Bertz CT molecular complexity index is 1380. The zero-order valence-corrected chi connectivity index (χ0v) is 26.0. The monoisotopic (exact) mass is 643 g/mol. The van der Waals surface area contributed by atoms with Gasteiger partial charge in [0.2, 0.25) is 23.6 Å². The van der Waals surface area contributed by atoms with Crippen molar-refractivity contribution in [1.29, 1.82) is 0 Å². The molecule has 0 radical (unpaired) electrons. The van der Waals surface area contributed by atoms with Gasteiger partial charge in [0, 0.05) is 23.0 Å². The third-order valence-corrected chi connectivity index (χ3v) is 11.4. The van der Waals surface area contributed by atoms with Crippen LogP contribution in [-0.2, 0) is 36.8 Å². The lowest BCUT2D eigenvalue weighted by Gasteiger charge is -2.35. The molecule has 44 heavy (non-hydrogen) atoms. The van der Waals surface area contributed by atoms with Crippen molar-refractivity contribution in [2.45, 2.75) is 67.3 Å². The molecule has 4 amide bonds. The lowest BCUT2D eigenvalue weighted by molar-refractivity contribution is -0.149. The van der Waals surface area contributed by atoms with Crippen LogP contribution in [0.25, 0.3) is 0 Å². The number of nitrogens with zero attached hydrogens (tertiary/aromatic N) is 1. The molecule has 2 fully saturated rings. The predicted molar refractivity (Wildman–Crippen MR) is 168 cm³/mol. The minimum Gasteiger partial charge on any atom is -0.508 e. The number of hydrogen-bond acceptors (Lipinski definition) is 9. The number of benzene rings is 2. The number of phenols is 1. The van der Waals surface area contributed by atoms with Gasteiger partial charge in [-0.25, -0.2) is 4.79 Å². The number of aliphatic carboxylic acids is 1. The molecule has 0 aromatic heterocycles. The van der Waals surface area contributed by atoms with Crippen LogP contribution in [0, 0.1) is 0 Å². The van der Waals surface area contributed by atoms with Crippen molar-refractivity contribution in [2.75, 3.05) is 13.1 Å². The zero-order valence-electron chi connectivity index (χ0n) is 24.4. The molecule has 2 aliphatic rings. The molecule has 0 saturated carbocycles. The first kappa shape index (κ1) is 33.1. The first-order valence-corrected chi connectivity index (χ1v) is 16.4. The number of fused-ring (bicyclic) bond motifs is 2. The first-order chi connectivity index (χ1) is 20.9. The molecule has 2 aromatic rings. The number of carboxylic acid groups (broad SMARTS) is 1. The Labute approximate surface area is 263 Å². The van der Waals surface area contributed by atoms with Crippen molar-refractivity contribution in [3.05, 3.63) is 65.7 Å². The second kappa shape index (κ2) is 14.4. The molecule has 14 heteroatoms. The molecule has 12 nitrogen and oxygen atoms in total. The summed E-state index contributed by atoms with van der Waals surface area (Å²) in [5.41, 5.74) is 7.67. The molecule has 7 N–H and O–H groups in total. The number of carboxylic acids is 1. The van der Waals surface area contributed by atoms with Crippen molar-refractivity contribution in [3.63, 3.8) is 0 Å². The van der Waals surface area contributed by atoms with E-state index in [9.17, 15) is 34.2 Å². The minimum absolute atomic E-state index is 0.0785. The van der Waals surface area contributed by atoms with Gasteiger partial charge in [0.1, 0.15) is 23.9 Å². The van der Waals surface area contributed by atoms with E-state index in [1.807, 2.05) is 18.2 Å². The maximum absolute atomic E-state index is 13.7. The highest BCUT2D eigenvalue weighted by Crippen LogP contribution is 2.45. The number of nitrogens with one attached hydrogen (secondary N) is 3. The van der Waals surface area contributed by atoms with E-state index >= 15 is 0 Å². The van der Waals surface area contributed by atoms with Gasteiger partial charge in [-0.1, -0.05) is 64.1 Å². The van der Waals surface area contributed by atoms with E-state index in [-0.39, 0.29) is 25.1 Å². The molecule has 4 rings (SSSR count). The molecule has 5 atom stereocenters. The Balaban J connectivity index is 1.58. The lowest BCUT2D eigenvalue weighted by atomic mass is 10.00. The lowest BCUT2D eigenvalue weighted by Crippen LogP contribution is -2.60. The Kier molecular flexibility index (Phi) is 10.8. The molecular formula is C30H37N5O7S2. The minimum atomic E-state index is -1.16. The summed E-state index contributed by atoms with van der Waals surface area (Å²) in [4.78, 5) is 67.2. The summed E-state index contributed by atoms with van der Waals surface area (Å²) < 4.78 is -0.987. The smallest absolute Gasteiger partial charge is 0.327 e. The van der Waals surface area contributed by atoms with Gasteiger partial charge in [0.25, 0.3) is 0 Å². The molecule has 236 valence electrons. The van der Waals surface area contributed by atoms with E-state index < -0.39 is 70.3 Å². The highest BCUT2D eigenvalue weighted by Gasteiger charge is 2.47. The first-order valence-electron chi connectivity index (χ1n) is 14.2. The predicted octanol–water partition coefficient (Wildman–Crippen LogP) is 0.818. The summed E-state index contributed by atoms with van der Waals surface area (Å²) in [5.74, 6) is -3.44. The molecule has 1 unspecified atom stereocenters. The summed E-state index contributed by atoms with van der Waals surface area (Å²) in [6.45, 7) is 3.19. The van der Waals surface area contributed by atoms with Crippen LogP contribution in [0.4, 0.5) is 0 Å². The van der Waals surface area contributed by atoms with Gasteiger partial charge >= 0.3 is 5.97 Å². The quantitative estimate of drug-likeness (QED) is 0.236. The largest absolute Gasteiger partial charge is 0.508 e.